The van der Waals surface area contributed by atoms with E-state index in [0.717, 1.165) is 25.3 Å². The molecule has 6 heteroatoms. The first-order chi connectivity index (χ1) is 11.0. The Bertz CT molecular complexity index is 624. The largest absolute Gasteiger partial charge is 0.481 e. The summed E-state index contributed by atoms with van der Waals surface area (Å²) in [6, 6.07) is 3.83. The number of fused-ring (bicyclic) bond motifs is 1. The highest BCUT2D eigenvalue weighted by atomic mass is 19.2. The van der Waals surface area contributed by atoms with Gasteiger partial charge in [0, 0.05) is 24.6 Å². The molecule has 1 aromatic carbocycles. The van der Waals surface area contributed by atoms with Gasteiger partial charge in [-0.05, 0) is 30.7 Å². The number of carboxylic acid groups (broad SMARTS) is 1. The summed E-state index contributed by atoms with van der Waals surface area (Å²) in [6.45, 7) is -0.0777. The maximum absolute atomic E-state index is 13.8. The third kappa shape index (κ3) is 3.21. The van der Waals surface area contributed by atoms with Gasteiger partial charge in [-0.3, -0.25) is 9.59 Å². The Morgan fingerprint density at radius 2 is 1.91 bits per heavy atom. The molecule has 1 N–H and O–H groups in total. The molecule has 3 rings (SSSR count). The van der Waals surface area contributed by atoms with Crippen molar-refractivity contribution in [1.82, 2.24) is 4.90 Å². The molecule has 0 heterocycles. The van der Waals surface area contributed by atoms with Gasteiger partial charge in [0.05, 0.1) is 6.42 Å². The summed E-state index contributed by atoms with van der Waals surface area (Å²) in [7, 11) is 0. The molecule has 2 fully saturated rings. The topological polar surface area (TPSA) is 57.6 Å². The molecule has 2 aliphatic carbocycles. The van der Waals surface area contributed by atoms with Crippen LogP contribution in [0.4, 0.5) is 8.78 Å². The number of rotatable bonds is 6. The SMILES string of the molecule is O=C(O)CCN(Cc1cccc(F)c1F)C(=O)C1[C@H]2CCC[C@H]12. The number of hydrogen-bond acceptors (Lipinski definition) is 2. The van der Waals surface area contributed by atoms with Crippen LogP contribution in [-0.2, 0) is 16.1 Å². The van der Waals surface area contributed by atoms with E-state index in [1.165, 1.54) is 17.0 Å². The van der Waals surface area contributed by atoms with Gasteiger partial charge in [0.25, 0.3) is 0 Å². The van der Waals surface area contributed by atoms with Gasteiger partial charge >= 0.3 is 5.97 Å². The number of carbonyl (C=O) groups excluding carboxylic acids is 1. The number of benzene rings is 1. The van der Waals surface area contributed by atoms with Crippen molar-refractivity contribution in [3.05, 3.63) is 35.4 Å². The fourth-order valence-electron chi connectivity index (χ4n) is 3.77. The fourth-order valence-corrected chi connectivity index (χ4v) is 3.77. The smallest absolute Gasteiger partial charge is 0.305 e. The summed E-state index contributed by atoms with van der Waals surface area (Å²) in [5.74, 6) is -2.34. The van der Waals surface area contributed by atoms with Crippen molar-refractivity contribution >= 4 is 11.9 Å². The third-order valence-electron chi connectivity index (χ3n) is 4.99. The van der Waals surface area contributed by atoms with Gasteiger partial charge in [-0.25, -0.2) is 8.78 Å². The van der Waals surface area contributed by atoms with Gasteiger partial charge in [0.1, 0.15) is 0 Å². The minimum Gasteiger partial charge on any atom is -0.481 e. The summed E-state index contributed by atoms with van der Waals surface area (Å²) in [5.41, 5.74) is 0.0783. The molecule has 2 saturated carbocycles. The van der Waals surface area contributed by atoms with Crippen LogP contribution in [0.25, 0.3) is 0 Å². The fraction of sp³-hybridized carbons (Fsp3) is 0.529. The van der Waals surface area contributed by atoms with Gasteiger partial charge in [-0.2, -0.15) is 0 Å². The summed E-state index contributed by atoms with van der Waals surface area (Å²) in [4.78, 5) is 24.8. The first-order valence-corrected chi connectivity index (χ1v) is 7.92. The summed E-state index contributed by atoms with van der Waals surface area (Å²) in [5, 5.41) is 8.85. The summed E-state index contributed by atoms with van der Waals surface area (Å²) >= 11 is 0. The van der Waals surface area contributed by atoms with Crippen LogP contribution in [0.3, 0.4) is 0 Å². The Morgan fingerprint density at radius 1 is 1.22 bits per heavy atom. The molecule has 0 saturated heterocycles. The van der Waals surface area contributed by atoms with Crippen LogP contribution in [0, 0.1) is 29.4 Å². The maximum Gasteiger partial charge on any atom is 0.305 e. The molecule has 1 aromatic rings. The molecule has 124 valence electrons. The van der Waals surface area contributed by atoms with Crippen LogP contribution >= 0.6 is 0 Å². The Kier molecular flexibility index (Phi) is 4.33. The first-order valence-electron chi connectivity index (χ1n) is 7.92. The lowest BCUT2D eigenvalue weighted by atomic mass is 10.1. The minimum absolute atomic E-state index is 0.0139. The molecular formula is C17H19F2NO3. The van der Waals surface area contributed by atoms with E-state index >= 15 is 0 Å². The Hall–Kier alpha value is -1.98. The predicted octanol–water partition coefficient (Wildman–Crippen LogP) is 2.81. The zero-order valence-electron chi connectivity index (χ0n) is 12.7. The van der Waals surface area contributed by atoms with E-state index < -0.39 is 17.6 Å². The standard InChI is InChI=1S/C17H19F2NO3/c18-13-6-1-3-10(16(13)19)9-20(8-7-14(21)22)17(23)15-11-4-2-5-12(11)15/h1,3,6,11-12,15H,2,4-5,7-9H2,(H,21,22)/t11-,12-/m0/s1. The zero-order valence-corrected chi connectivity index (χ0v) is 12.7. The second-order valence-electron chi connectivity index (χ2n) is 6.40. The average molecular weight is 323 g/mol. The van der Waals surface area contributed by atoms with Crippen LogP contribution < -0.4 is 0 Å². The quantitative estimate of drug-likeness (QED) is 0.876. The number of carbonyl (C=O) groups is 2. The van der Waals surface area contributed by atoms with Crippen molar-refractivity contribution in [2.75, 3.05) is 6.54 Å². The molecule has 0 radical (unpaired) electrons. The molecule has 0 bridgehead atoms. The van der Waals surface area contributed by atoms with Crippen molar-refractivity contribution in [3.63, 3.8) is 0 Å². The molecule has 4 nitrogen and oxygen atoms in total. The molecule has 2 atom stereocenters. The highest BCUT2D eigenvalue weighted by Gasteiger charge is 2.57. The Morgan fingerprint density at radius 3 is 2.57 bits per heavy atom. The number of hydrogen-bond donors (Lipinski definition) is 1. The summed E-state index contributed by atoms with van der Waals surface area (Å²) in [6.07, 6.45) is 2.99. The van der Waals surface area contributed by atoms with Gasteiger partial charge < -0.3 is 10.0 Å². The van der Waals surface area contributed by atoms with Crippen LogP contribution in [0.1, 0.15) is 31.2 Å². The Labute approximate surface area is 133 Å². The lowest BCUT2D eigenvalue weighted by Crippen LogP contribution is -2.35. The lowest BCUT2D eigenvalue weighted by molar-refractivity contribution is -0.139. The van der Waals surface area contributed by atoms with E-state index in [9.17, 15) is 18.4 Å². The van der Waals surface area contributed by atoms with Crippen molar-refractivity contribution in [2.45, 2.75) is 32.2 Å². The van der Waals surface area contributed by atoms with E-state index in [1.807, 2.05) is 0 Å². The number of nitrogens with zero attached hydrogens (tertiary/aromatic N) is 1. The monoisotopic (exact) mass is 323 g/mol. The van der Waals surface area contributed by atoms with Crippen LogP contribution in [0.15, 0.2) is 18.2 Å². The average Bonchev–Trinajstić information content (AvgIpc) is 2.99. The van der Waals surface area contributed by atoms with Crippen LogP contribution in [-0.4, -0.2) is 28.4 Å². The van der Waals surface area contributed by atoms with Gasteiger partial charge in [0.15, 0.2) is 11.6 Å². The molecule has 23 heavy (non-hydrogen) atoms. The van der Waals surface area contributed by atoms with E-state index in [-0.39, 0.29) is 36.9 Å². The molecule has 2 aliphatic rings. The van der Waals surface area contributed by atoms with Crippen molar-refractivity contribution in [1.29, 1.82) is 0 Å². The normalized spacial score (nSPS) is 25.0. The first kappa shape index (κ1) is 15.9. The van der Waals surface area contributed by atoms with E-state index in [2.05, 4.69) is 0 Å². The Balaban J connectivity index is 1.74. The highest BCUT2D eigenvalue weighted by Crippen LogP contribution is 2.58. The number of aliphatic carboxylic acids is 1. The predicted molar refractivity (Wildman–Crippen MR) is 78.3 cm³/mol. The van der Waals surface area contributed by atoms with Crippen LogP contribution in [0.2, 0.25) is 0 Å². The molecule has 0 spiro atoms. The van der Waals surface area contributed by atoms with E-state index in [0.29, 0.717) is 11.8 Å². The number of halogens is 2. The number of carboxylic acids is 1. The van der Waals surface area contributed by atoms with Crippen molar-refractivity contribution < 1.29 is 23.5 Å². The van der Waals surface area contributed by atoms with Gasteiger partial charge in [0.2, 0.25) is 5.91 Å². The van der Waals surface area contributed by atoms with E-state index in [4.69, 9.17) is 5.11 Å². The van der Waals surface area contributed by atoms with Crippen molar-refractivity contribution in [2.24, 2.45) is 17.8 Å². The molecule has 0 aliphatic heterocycles. The van der Waals surface area contributed by atoms with Gasteiger partial charge in [-0.1, -0.05) is 18.6 Å². The third-order valence-corrected chi connectivity index (χ3v) is 4.99. The molecular weight excluding hydrogens is 304 g/mol. The van der Waals surface area contributed by atoms with Crippen LogP contribution in [0.5, 0.6) is 0 Å². The van der Waals surface area contributed by atoms with Crippen molar-refractivity contribution in [3.8, 4) is 0 Å². The van der Waals surface area contributed by atoms with E-state index in [1.54, 1.807) is 0 Å². The number of amides is 1. The zero-order chi connectivity index (χ0) is 16.6. The second-order valence-corrected chi connectivity index (χ2v) is 6.40. The summed E-state index contributed by atoms with van der Waals surface area (Å²) < 4.78 is 27.2. The lowest BCUT2D eigenvalue weighted by Gasteiger charge is -2.23. The minimum atomic E-state index is -1.02. The second kappa shape index (κ2) is 6.26. The molecule has 0 aromatic heterocycles. The van der Waals surface area contributed by atoms with Gasteiger partial charge in [-0.15, -0.1) is 0 Å². The highest BCUT2D eigenvalue weighted by molar-refractivity contribution is 5.83. The molecule has 1 amide bonds. The maximum atomic E-state index is 13.8. The molecule has 0 unspecified atom stereocenters.